The van der Waals surface area contributed by atoms with Gasteiger partial charge < -0.3 is 33.6 Å². The number of amides is 1. The zero-order valence-corrected chi connectivity index (χ0v) is 23.1. The van der Waals surface area contributed by atoms with Gasteiger partial charge >= 0.3 is 0 Å². The highest BCUT2D eigenvalue weighted by Gasteiger charge is 2.15. The minimum Gasteiger partial charge on any atom is -0.493 e. The third-order valence-electron chi connectivity index (χ3n) is 6.08. The van der Waals surface area contributed by atoms with Gasteiger partial charge in [-0.05, 0) is 49.2 Å². The van der Waals surface area contributed by atoms with E-state index in [-0.39, 0.29) is 24.4 Å². The first kappa shape index (κ1) is 29.4. The molecule has 0 saturated heterocycles. The number of aromatic amines is 1. The van der Waals surface area contributed by atoms with Gasteiger partial charge in [-0.15, -0.1) is 10.2 Å². The van der Waals surface area contributed by atoms with Crippen LogP contribution >= 0.6 is 0 Å². The Kier molecular flexibility index (Phi) is 11.1. The number of aromatic nitrogens is 3. The highest BCUT2D eigenvalue weighted by Crippen LogP contribution is 2.31. The molecule has 0 spiro atoms. The van der Waals surface area contributed by atoms with Crippen molar-refractivity contribution in [3.63, 3.8) is 0 Å². The average molecular weight is 541 g/mol. The minimum atomic E-state index is -0.392. The van der Waals surface area contributed by atoms with Gasteiger partial charge in [-0.2, -0.15) is 0 Å². The van der Waals surface area contributed by atoms with Gasteiger partial charge in [-0.1, -0.05) is 6.07 Å². The fourth-order valence-electron chi connectivity index (χ4n) is 3.82. The van der Waals surface area contributed by atoms with Crippen LogP contribution in [0.5, 0.6) is 23.0 Å². The molecule has 2 aromatic carbocycles. The van der Waals surface area contributed by atoms with E-state index in [4.69, 9.17) is 23.7 Å². The van der Waals surface area contributed by atoms with Crippen LogP contribution in [0.3, 0.4) is 0 Å². The second-order valence-electron chi connectivity index (χ2n) is 8.62. The van der Waals surface area contributed by atoms with Crippen molar-refractivity contribution in [3.8, 4) is 34.4 Å². The SMILES string of the molecule is CCOCCOc1ccc(-c2nnc(CCC(=O)N(C)CCc3ccc(OC)c(OC)c3)c(=O)[nH]2)cc1OC. The van der Waals surface area contributed by atoms with Gasteiger partial charge in [0, 0.05) is 38.6 Å². The summed E-state index contributed by atoms with van der Waals surface area (Å²) in [4.78, 5) is 29.7. The third kappa shape index (κ3) is 8.18. The number of ether oxygens (including phenoxy) is 5. The summed E-state index contributed by atoms with van der Waals surface area (Å²) in [5.41, 5.74) is 1.44. The van der Waals surface area contributed by atoms with Crippen molar-refractivity contribution in [2.75, 3.05) is 54.7 Å². The van der Waals surface area contributed by atoms with E-state index in [0.29, 0.717) is 67.2 Å². The van der Waals surface area contributed by atoms with Crippen molar-refractivity contribution < 1.29 is 28.5 Å². The summed E-state index contributed by atoms with van der Waals surface area (Å²) in [5, 5.41) is 8.25. The topological polar surface area (TPSA) is 125 Å². The molecule has 3 rings (SSSR count). The molecule has 0 aliphatic rings. The van der Waals surface area contributed by atoms with Crippen LogP contribution in [-0.2, 0) is 22.4 Å². The van der Waals surface area contributed by atoms with Gasteiger partial charge in [-0.3, -0.25) is 9.59 Å². The van der Waals surface area contributed by atoms with Crippen LogP contribution in [0.4, 0.5) is 0 Å². The van der Waals surface area contributed by atoms with Crippen LogP contribution in [0.15, 0.2) is 41.2 Å². The Morgan fingerprint density at radius 1 is 0.897 bits per heavy atom. The van der Waals surface area contributed by atoms with Gasteiger partial charge in [0.05, 0.1) is 27.9 Å². The Morgan fingerprint density at radius 3 is 2.31 bits per heavy atom. The normalized spacial score (nSPS) is 10.7. The highest BCUT2D eigenvalue weighted by atomic mass is 16.5. The molecule has 3 aromatic rings. The predicted octanol–water partition coefficient (Wildman–Crippen LogP) is 2.91. The number of hydrogen-bond donors (Lipinski definition) is 1. The number of likely N-dealkylation sites (N-methyl/N-ethyl adjacent to an activating group) is 1. The second kappa shape index (κ2) is 14.7. The van der Waals surface area contributed by atoms with E-state index in [1.54, 1.807) is 44.4 Å². The molecule has 0 aliphatic carbocycles. The van der Waals surface area contributed by atoms with Crippen LogP contribution < -0.4 is 24.5 Å². The summed E-state index contributed by atoms with van der Waals surface area (Å²) < 4.78 is 27.0. The summed E-state index contributed by atoms with van der Waals surface area (Å²) in [7, 11) is 6.44. The van der Waals surface area contributed by atoms with E-state index in [1.807, 2.05) is 25.1 Å². The molecular weight excluding hydrogens is 504 g/mol. The maximum Gasteiger partial charge on any atom is 0.273 e. The molecule has 11 heteroatoms. The van der Waals surface area contributed by atoms with Crippen LogP contribution in [0.1, 0.15) is 24.6 Å². The number of carbonyl (C=O) groups excluding carboxylic acids is 1. The molecule has 210 valence electrons. The van der Waals surface area contributed by atoms with Crippen molar-refractivity contribution in [3.05, 3.63) is 58.0 Å². The predicted molar refractivity (Wildman–Crippen MR) is 146 cm³/mol. The Bertz CT molecular complexity index is 1300. The molecule has 0 saturated carbocycles. The van der Waals surface area contributed by atoms with Crippen molar-refractivity contribution in [2.45, 2.75) is 26.2 Å². The molecule has 1 N–H and O–H groups in total. The fraction of sp³-hybridized carbons (Fsp3) is 0.429. The van der Waals surface area contributed by atoms with Crippen LogP contribution in [0.2, 0.25) is 0 Å². The molecular formula is C28H36N4O7. The number of H-pyrrole nitrogens is 1. The van der Waals surface area contributed by atoms with E-state index < -0.39 is 5.56 Å². The summed E-state index contributed by atoms with van der Waals surface area (Å²) in [6.07, 6.45) is 0.969. The smallest absolute Gasteiger partial charge is 0.273 e. The van der Waals surface area contributed by atoms with Crippen molar-refractivity contribution >= 4 is 5.91 Å². The quantitative estimate of drug-likeness (QED) is 0.290. The average Bonchev–Trinajstić information content (AvgIpc) is 2.97. The first-order valence-corrected chi connectivity index (χ1v) is 12.7. The lowest BCUT2D eigenvalue weighted by Crippen LogP contribution is -2.30. The van der Waals surface area contributed by atoms with Crippen molar-refractivity contribution in [1.82, 2.24) is 20.1 Å². The van der Waals surface area contributed by atoms with Crippen LogP contribution in [0.25, 0.3) is 11.4 Å². The van der Waals surface area contributed by atoms with Crippen molar-refractivity contribution in [2.24, 2.45) is 0 Å². The van der Waals surface area contributed by atoms with E-state index in [9.17, 15) is 9.59 Å². The van der Waals surface area contributed by atoms with Gasteiger partial charge in [0.25, 0.3) is 5.56 Å². The number of aryl methyl sites for hydroxylation is 1. The summed E-state index contributed by atoms with van der Waals surface area (Å²) in [6, 6.07) is 10.9. The number of nitrogens with one attached hydrogen (secondary N) is 1. The first-order chi connectivity index (χ1) is 18.9. The Balaban J connectivity index is 1.56. The van der Waals surface area contributed by atoms with E-state index >= 15 is 0 Å². The monoisotopic (exact) mass is 540 g/mol. The van der Waals surface area contributed by atoms with E-state index in [0.717, 1.165) is 5.56 Å². The molecule has 0 fully saturated rings. The maximum absolute atomic E-state index is 12.7. The van der Waals surface area contributed by atoms with Crippen LogP contribution in [-0.4, -0.2) is 80.7 Å². The number of carbonyl (C=O) groups is 1. The van der Waals surface area contributed by atoms with E-state index in [1.165, 1.54) is 7.11 Å². The highest BCUT2D eigenvalue weighted by molar-refractivity contribution is 5.76. The summed E-state index contributed by atoms with van der Waals surface area (Å²) in [6.45, 7) is 3.91. The summed E-state index contributed by atoms with van der Waals surface area (Å²) in [5.74, 6) is 2.55. The standard InChI is InChI=1S/C28H36N4O7/c1-6-38-15-16-39-23-11-8-20(18-25(23)37-5)27-29-28(34)21(30-31-27)9-12-26(33)32(2)14-13-19-7-10-22(35-3)24(17-19)36-4/h7-8,10-11,17-18H,6,9,12-16H2,1-5H3,(H,29,31,34). The zero-order chi connectivity index (χ0) is 28.2. The number of nitrogens with zero attached hydrogens (tertiary/aromatic N) is 3. The second-order valence-corrected chi connectivity index (χ2v) is 8.62. The lowest BCUT2D eigenvalue weighted by molar-refractivity contribution is -0.129. The molecule has 1 aromatic heterocycles. The zero-order valence-electron chi connectivity index (χ0n) is 23.1. The lowest BCUT2D eigenvalue weighted by Gasteiger charge is -2.17. The molecule has 1 heterocycles. The molecule has 0 atom stereocenters. The Labute approximate surface area is 228 Å². The fourth-order valence-corrected chi connectivity index (χ4v) is 3.82. The Morgan fingerprint density at radius 2 is 1.62 bits per heavy atom. The van der Waals surface area contributed by atoms with Gasteiger partial charge in [-0.25, -0.2) is 0 Å². The first-order valence-electron chi connectivity index (χ1n) is 12.7. The number of hydrogen-bond acceptors (Lipinski definition) is 9. The molecule has 0 bridgehead atoms. The number of methoxy groups -OCH3 is 3. The van der Waals surface area contributed by atoms with E-state index in [2.05, 4.69) is 15.2 Å². The minimum absolute atomic E-state index is 0.0922. The van der Waals surface area contributed by atoms with Gasteiger partial charge in [0.1, 0.15) is 12.3 Å². The largest absolute Gasteiger partial charge is 0.493 e. The molecule has 39 heavy (non-hydrogen) atoms. The molecule has 0 radical (unpaired) electrons. The van der Waals surface area contributed by atoms with Gasteiger partial charge in [0.2, 0.25) is 5.91 Å². The molecule has 11 nitrogen and oxygen atoms in total. The number of benzene rings is 2. The molecule has 0 aliphatic heterocycles. The third-order valence-corrected chi connectivity index (χ3v) is 6.08. The molecule has 0 unspecified atom stereocenters. The van der Waals surface area contributed by atoms with Crippen LogP contribution in [0, 0.1) is 0 Å². The number of rotatable bonds is 15. The van der Waals surface area contributed by atoms with Gasteiger partial charge in [0.15, 0.2) is 28.8 Å². The maximum atomic E-state index is 12.7. The Hall–Kier alpha value is -4.12. The summed E-state index contributed by atoms with van der Waals surface area (Å²) >= 11 is 0. The van der Waals surface area contributed by atoms with Crippen molar-refractivity contribution in [1.29, 1.82) is 0 Å². The molecule has 1 amide bonds. The lowest BCUT2D eigenvalue weighted by atomic mass is 10.1.